The standard InChI is InChI=1S/C14H26N2O4/c1-4-12-11(6-7-20-12)8-15-14(19)16(5-2)9-10(3)13(17)18/h10-12H,4-9H2,1-3H3,(H,15,19)(H,17,18). The van der Waals surface area contributed by atoms with E-state index in [9.17, 15) is 9.59 Å². The third-order valence-electron chi connectivity index (χ3n) is 3.85. The highest BCUT2D eigenvalue weighted by molar-refractivity contribution is 5.75. The van der Waals surface area contributed by atoms with Gasteiger partial charge in [0.15, 0.2) is 0 Å². The number of amides is 2. The van der Waals surface area contributed by atoms with Crippen molar-refractivity contribution in [1.82, 2.24) is 10.2 Å². The monoisotopic (exact) mass is 286 g/mol. The lowest BCUT2D eigenvalue weighted by atomic mass is 10.00. The highest BCUT2D eigenvalue weighted by Gasteiger charge is 2.27. The third kappa shape index (κ3) is 4.67. The Morgan fingerprint density at radius 1 is 1.45 bits per heavy atom. The molecule has 20 heavy (non-hydrogen) atoms. The molecule has 1 saturated heterocycles. The zero-order valence-electron chi connectivity index (χ0n) is 12.6. The Balaban J connectivity index is 2.41. The van der Waals surface area contributed by atoms with Crippen molar-refractivity contribution in [3.63, 3.8) is 0 Å². The quantitative estimate of drug-likeness (QED) is 0.744. The van der Waals surface area contributed by atoms with Crippen LogP contribution in [-0.4, -0.2) is 54.4 Å². The smallest absolute Gasteiger partial charge is 0.317 e. The number of rotatable bonds is 7. The summed E-state index contributed by atoms with van der Waals surface area (Å²) in [4.78, 5) is 24.4. The maximum Gasteiger partial charge on any atom is 0.317 e. The first-order valence-corrected chi connectivity index (χ1v) is 7.36. The van der Waals surface area contributed by atoms with E-state index < -0.39 is 11.9 Å². The second kappa shape index (κ2) is 8.09. The van der Waals surface area contributed by atoms with Gasteiger partial charge in [-0.3, -0.25) is 4.79 Å². The van der Waals surface area contributed by atoms with Gasteiger partial charge >= 0.3 is 12.0 Å². The van der Waals surface area contributed by atoms with E-state index in [-0.39, 0.29) is 18.7 Å². The fourth-order valence-corrected chi connectivity index (χ4v) is 2.47. The van der Waals surface area contributed by atoms with E-state index in [1.54, 1.807) is 6.92 Å². The number of carbonyl (C=O) groups excluding carboxylic acids is 1. The molecule has 2 N–H and O–H groups in total. The lowest BCUT2D eigenvalue weighted by Gasteiger charge is -2.25. The highest BCUT2D eigenvalue weighted by atomic mass is 16.5. The van der Waals surface area contributed by atoms with Crippen molar-refractivity contribution >= 4 is 12.0 Å². The highest BCUT2D eigenvalue weighted by Crippen LogP contribution is 2.22. The molecule has 1 aliphatic rings. The van der Waals surface area contributed by atoms with Gasteiger partial charge in [-0.2, -0.15) is 0 Å². The minimum Gasteiger partial charge on any atom is -0.481 e. The fraction of sp³-hybridized carbons (Fsp3) is 0.857. The van der Waals surface area contributed by atoms with Gasteiger partial charge in [0.25, 0.3) is 0 Å². The Hall–Kier alpha value is -1.30. The minimum absolute atomic E-state index is 0.192. The summed E-state index contributed by atoms with van der Waals surface area (Å²) in [6.07, 6.45) is 2.15. The van der Waals surface area contributed by atoms with Crippen molar-refractivity contribution in [3.05, 3.63) is 0 Å². The van der Waals surface area contributed by atoms with Gasteiger partial charge in [0.05, 0.1) is 12.0 Å². The summed E-state index contributed by atoms with van der Waals surface area (Å²) in [6.45, 7) is 7.62. The van der Waals surface area contributed by atoms with E-state index in [1.807, 2.05) is 6.92 Å². The number of hydrogen-bond acceptors (Lipinski definition) is 3. The summed E-state index contributed by atoms with van der Waals surface area (Å²) in [6, 6.07) is -0.192. The number of hydrogen-bond donors (Lipinski definition) is 2. The van der Waals surface area contributed by atoms with Gasteiger partial charge in [0.1, 0.15) is 0 Å². The molecule has 0 aromatic rings. The van der Waals surface area contributed by atoms with Crippen molar-refractivity contribution in [2.75, 3.05) is 26.2 Å². The number of nitrogens with zero attached hydrogens (tertiary/aromatic N) is 1. The average molecular weight is 286 g/mol. The van der Waals surface area contributed by atoms with Crippen molar-refractivity contribution in [2.45, 2.75) is 39.7 Å². The second-order valence-corrected chi connectivity index (χ2v) is 5.33. The summed E-state index contributed by atoms with van der Waals surface area (Å²) in [5, 5.41) is 11.8. The van der Waals surface area contributed by atoms with Crippen molar-refractivity contribution in [2.24, 2.45) is 11.8 Å². The Morgan fingerprint density at radius 2 is 2.15 bits per heavy atom. The number of carbonyl (C=O) groups is 2. The normalized spacial score (nSPS) is 23.4. The van der Waals surface area contributed by atoms with Crippen LogP contribution in [0.25, 0.3) is 0 Å². The maximum atomic E-state index is 12.1. The van der Waals surface area contributed by atoms with Crippen molar-refractivity contribution < 1.29 is 19.4 Å². The number of carboxylic acids is 1. The lowest BCUT2D eigenvalue weighted by Crippen LogP contribution is -2.45. The molecule has 1 aliphatic heterocycles. The third-order valence-corrected chi connectivity index (χ3v) is 3.85. The van der Waals surface area contributed by atoms with Gasteiger partial charge in [-0.25, -0.2) is 4.79 Å². The topological polar surface area (TPSA) is 78.9 Å². The summed E-state index contributed by atoms with van der Waals surface area (Å²) >= 11 is 0. The maximum absolute atomic E-state index is 12.1. The van der Waals surface area contributed by atoms with Crippen LogP contribution in [0.1, 0.15) is 33.6 Å². The van der Waals surface area contributed by atoms with Crippen LogP contribution in [0.15, 0.2) is 0 Å². The van der Waals surface area contributed by atoms with Gasteiger partial charge in [-0.05, 0) is 19.8 Å². The minimum atomic E-state index is -0.883. The number of aliphatic carboxylic acids is 1. The van der Waals surface area contributed by atoms with Crippen molar-refractivity contribution in [1.29, 1.82) is 0 Å². The summed E-state index contributed by atoms with van der Waals surface area (Å²) in [5.41, 5.74) is 0. The van der Waals surface area contributed by atoms with Gasteiger partial charge in [0.2, 0.25) is 0 Å². The first kappa shape index (κ1) is 16.8. The average Bonchev–Trinajstić information content (AvgIpc) is 2.88. The number of nitrogens with one attached hydrogen (secondary N) is 1. The summed E-state index contributed by atoms with van der Waals surface area (Å²) in [5.74, 6) is -1.08. The fourth-order valence-electron chi connectivity index (χ4n) is 2.47. The van der Waals surface area contributed by atoms with Gasteiger partial charge in [0, 0.05) is 32.2 Å². The Labute approximate surface area is 120 Å². The lowest BCUT2D eigenvalue weighted by molar-refractivity contribution is -0.141. The Kier molecular flexibility index (Phi) is 6.78. The van der Waals surface area contributed by atoms with E-state index in [4.69, 9.17) is 9.84 Å². The molecule has 0 aliphatic carbocycles. The molecule has 0 spiro atoms. The van der Waals surface area contributed by atoms with Crippen LogP contribution in [0.5, 0.6) is 0 Å². The Bertz CT molecular complexity index is 335. The molecule has 1 fully saturated rings. The van der Waals surface area contributed by atoms with Crippen LogP contribution in [0.2, 0.25) is 0 Å². The van der Waals surface area contributed by atoms with Gasteiger partial charge in [-0.1, -0.05) is 13.8 Å². The largest absolute Gasteiger partial charge is 0.481 e. The van der Waals surface area contributed by atoms with E-state index in [0.717, 1.165) is 19.4 Å². The SMILES string of the molecule is CCC1OCCC1CNC(=O)N(CC)CC(C)C(=O)O. The molecule has 2 amide bonds. The van der Waals surface area contributed by atoms with E-state index in [1.165, 1.54) is 4.90 Å². The molecule has 1 heterocycles. The van der Waals surface area contributed by atoms with Crippen LogP contribution in [0.4, 0.5) is 4.79 Å². The van der Waals surface area contributed by atoms with E-state index >= 15 is 0 Å². The summed E-state index contributed by atoms with van der Waals surface area (Å²) < 4.78 is 5.59. The molecule has 0 radical (unpaired) electrons. The van der Waals surface area contributed by atoms with Crippen LogP contribution in [0, 0.1) is 11.8 Å². The van der Waals surface area contributed by atoms with Crippen LogP contribution in [0.3, 0.4) is 0 Å². The predicted molar refractivity (Wildman–Crippen MR) is 75.6 cm³/mol. The van der Waals surface area contributed by atoms with Gasteiger partial charge < -0.3 is 20.1 Å². The molecule has 1 rings (SSSR count). The number of carboxylic acid groups (broad SMARTS) is 1. The molecule has 0 saturated carbocycles. The summed E-state index contributed by atoms with van der Waals surface area (Å²) in [7, 11) is 0. The second-order valence-electron chi connectivity index (χ2n) is 5.33. The van der Waals surface area contributed by atoms with Crippen LogP contribution >= 0.6 is 0 Å². The number of ether oxygens (including phenoxy) is 1. The van der Waals surface area contributed by atoms with Crippen molar-refractivity contribution in [3.8, 4) is 0 Å². The molecule has 0 aromatic heterocycles. The Morgan fingerprint density at radius 3 is 2.70 bits per heavy atom. The molecular formula is C14H26N2O4. The molecule has 0 bridgehead atoms. The van der Waals surface area contributed by atoms with E-state index in [2.05, 4.69) is 12.2 Å². The molecule has 3 atom stereocenters. The van der Waals surface area contributed by atoms with Crippen LogP contribution in [-0.2, 0) is 9.53 Å². The first-order chi connectivity index (χ1) is 9.49. The van der Waals surface area contributed by atoms with E-state index in [0.29, 0.717) is 19.0 Å². The van der Waals surface area contributed by atoms with Crippen LogP contribution < -0.4 is 5.32 Å². The molecule has 6 heteroatoms. The predicted octanol–water partition coefficient (Wildman–Crippen LogP) is 1.55. The first-order valence-electron chi connectivity index (χ1n) is 7.36. The number of urea groups is 1. The molecule has 0 aromatic carbocycles. The molecule has 116 valence electrons. The molecule has 3 unspecified atom stereocenters. The zero-order chi connectivity index (χ0) is 15.1. The zero-order valence-corrected chi connectivity index (χ0v) is 12.6. The molecular weight excluding hydrogens is 260 g/mol. The molecule has 6 nitrogen and oxygen atoms in total. The van der Waals surface area contributed by atoms with Gasteiger partial charge in [-0.15, -0.1) is 0 Å².